The highest BCUT2D eigenvalue weighted by molar-refractivity contribution is 8.26. The fraction of sp³-hybridized carbons (Fsp3) is 0.440. The average Bonchev–Trinajstić information content (AvgIpc) is 3.12. The summed E-state index contributed by atoms with van der Waals surface area (Å²) >= 11 is 6.46. The molecule has 0 N–H and O–H groups in total. The summed E-state index contributed by atoms with van der Waals surface area (Å²) in [4.78, 5) is 62.6. The number of carbonyl (C=O) groups excluding carboxylic acids is 5. The number of benzene rings is 1. The van der Waals surface area contributed by atoms with Gasteiger partial charge in [0.05, 0.1) is 12.0 Å². The zero-order valence-electron chi connectivity index (χ0n) is 21.7. The van der Waals surface area contributed by atoms with Crippen molar-refractivity contribution in [3.63, 3.8) is 0 Å². The number of hydrogen-bond acceptors (Lipinski definition) is 13. The van der Waals surface area contributed by atoms with E-state index >= 15 is 0 Å². The Bertz CT molecular complexity index is 1200. The molecule has 2 heterocycles. The lowest BCUT2D eigenvalue weighted by Crippen LogP contribution is -2.66. The molecule has 0 bridgehead atoms. The smallest absolute Gasteiger partial charge is 0.303 e. The van der Waals surface area contributed by atoms with Gasteiger partial charge in [-0.15, -0.1) is 0 Å². The Morgan fingerprint density at radius 3 is 2.13 bits per heavy atom. The van der Waals surface area contributed by atoms with E-state index in [0.29, 0.717) is 11.3 Å². The van der Waals surface area contributed by atoms with Crippen molar-refractivity contribution >= 4 is 64.2 Å². The van der Waals surface area contributed by atoms with Crippen molar-refractivity contribution in [1.29, 1.82) is 0 Å². The average molecular weight is 582 g/mol. The fourth-order valence-corrected chi connectivity index (χ4v) is 5.34. The van der Waals surface area contributed by atoms with Gasteiger partial charge in [-0.05, 0) is 12.1 Å². The number of esters is 4. The number of thioether (sulfide) groups is 1. The number of hydrogen-bond donors (Lipinski definition) is 0. The van der Waals surface area contributed by atoms with Crippen LogP contribution in [-0.2, 0) is 47.7 Å². The van der Waals surface area contributed by atoms with Crippen LogP contribution in [0, 0.1) is 0 Å². The van der Waals surface area contributed by atoms with Gasteiger partial charge in [-0.1, -0.05) is 42.2 Å². The minimum atomic E-state index is -1.46. The van der Waals surface area contributed by atoms with Crippen LogP contribution in [0.1, 0.15) is 33.3 Å². The molecule has 12 nitrogen and oxygen atoms in total. The van der Waals surface area contributed by atoms with Gasteiger partial charge in [-0.25, -0.2) is 0 Å². The first kappa shape index (κ1) is 30.1. The zero-order valence-corrected chi connectivity index (χ0v) is 23.4. The van der Waals surface area contributed by atoms with E-state index in [9.17, 15) is 24.0 Å². The van der Waals surface area contributed by atoms with Crippen molar-refractivity contribution in [2.24, 2.45) is 0 Å². The Morgan fingerprint density at radius 1 is 0.949 bits per heavy atom. The van der Waals surface area contributed by atoms with E-state index in [-0.39, 0.29) is 9.23 Å². The molecule has 2 fully saturated rings. The van der Waals surface area contributed by atoms with Crippen LogP contribution < -0.4 is 4.74 Å². The molecule has 1 aromatic carbocycles. The molecule has 5 unspecified atom stereocenters. The summed E-state index contributed by atoms with van der Waals surface area (Å²) in [6.07, 6.45) is -5.31. The van der Waals surface area contributed by atoms with Gasteiger partial charge in [0.25, 0.3) is 5.91 Å². The lowest BCUT2D eigenvalue weighted by molar-refractivity contribution is -0.268. The highest BCUT2D eigenvalue weighted by atomic mass is 32.2. The summed E-state index contributed by atoms with van der Waals surface area (Å²) in [7, 11) is 1.50. The molecule has 2 saturated heterocycles. The Kier molecular flexibility index (Phi) is 10.1. The van der Waals surface area contributed by atoms with Crippen molar-refractivity contribution in [2.75, 3.05) is 13.7 Å². The zero-order chi connectivity index (χ0) is 28.9. The summed E-state index contributed by atoms with van der Waals surface area (Å²) in [5, 5.41) is 0. The van der Waals surface area contributed by atoms with Crippen LogP contribution >= 0.6 is 24.0 Å². The molecule has 5 atom stereocenters. The van der Waals surface area contributed by atoms with Gasteiger partial charge in [0.2, 0.25) is 0 Å². The maximum Gasteiger partial charge on any atom is 0.303 e. The van der Waals surface area contributed by atoms with Crippen LogP contribution in [0.5, 0.6) is 5.75 Å². The molecule has 0 saturated carbocycles. The number of carbonyl (C=O) groups is 5. The van der Waals surface area contributed by atoms with Crippen molar-refractivity contribution in [2.45, 2.75) is 58.3 Å². The van der Waals surface area contributed by atoms with Gasteiger partial charge in [0, 0.05) is 33.3 Å². The molecule has 1 amide bonds. The van der Waals surface area contributed by atoms with Gasteiger partial charge < -0.3 is 28.4 Å². The van der Waals surface area contributed by atoms with Crippen molar-refractivity contribution in [3.05, 3.63) is 34.7 Å². The van der Waals surface area contributed by atoms with Crippen molar-refractivity contribution in [3.8, 4) is 5.75 Å². The first-order valence-electron chi connectivity index (χ1n) is 11.6. The van der Waals surface area contributed by atoms with Gasteiger partial charge in [0.15, 0.2) is 28.9 Å². The largest absolute Gasteiger partial charge is 0.496 e. The Morgan fingerprint density at radius 2 is 1.54 bits per heavy atom. The maximum atomic E-state index is 13.6. The SMILES string of the molecule is COc1ccccc1C=C1SC(=S)N(C2OC(COC(C)=O)C(OC(C)=O)C(OC(C)=O)C2OC(C)=O)C1=O. The van der Waals surface area contributed by atoms with Crippen LogP contribution in [-0.4, -0.2) is 83.4 Å². The van der Waals surface area contributed by atoms with Crippen molar-refractivity contribution in [1.82, 2.24) is 4.90 Å². The second-order valence-corrected chi connectivity index (χ2v) is 10.1. The summed E-state index contributed by atoms with van der Waals surface area (Å²) in [5.41, 5.74) is 0.613. The molecule has 0 radical (unpaired) electrons. The predicted octanol–water partition coefficient (Wildman–Crippen LogP) is 1.98. The number of methoxy groups -OCH3 is 1. The van der Waals surface area contributed by atoms with E-state index in [1.54, 1.807) is 30.3 Å². The van der Waals surface area contributed by atoms with Crippen LogP contribution in [0.15, 0.2) is 29.2 Å². The predicted molar refractivity (Wildman–Crippen MR) is 140 cm³/mol. The lowest BCUT2D eigenvalue weighted by Gasteiger charge is -2.46. The monoisotopic (exact) mass is 581 g/mol. The summed E-state index contributed by atoms with van der Waals surface area (Å²) in [5.74, 6) is -3.07. The molecule has 210 valence electrons. The number of para-hydroxylation sites is 1. The van der Waals surface area contributed by atoms with Crippen LogP contribution in [0.3, 0.4) is 0 Å². The quantitative estimate of drug-likeness (QED) is 0.191. The third-order valence-electron chi connectivity index (χ3n) is 5.47. The third kappa shape index (κ3) is 7.34. The highest BCUT2D eigenvalue weighted by Crippen LogP contribution is 2.40. The first-order chi connectivity index (χ1) is 18.4. The van der Waals surface area contributed by atoms with E-state index in [4.69, 9.17) is 40.6 Å². The normalized spacial score (nSPS) is 25.7. The van der Waals surface area contributed by atoms with Crippen LogP contribution in [0.4, 0.5) is 0 Å². The van der Waals surface area contributed by atoms with Gasteiger partial charge in [-0.2, -0.15) is 0 Å². The maximum absolute atomic E-state index is 13.6. The highest BCUT2D eigenvalue weighted by Gasteiger charge is 2.56. The van der Waals surface area contributed by atoms with Crippen LogP contribution in [0.25, 0.3) is 6.08 Å². The summed E-state index contributed by atoms with van der Waals surface area (Å²) < 4.78 is 32.8. The number of thiocarbonyl (C=S) groups is 1. The van der Waals surface area contributed by atoms with E-state index in [0.717, 1.165) is 44.4 Å². The summed E-state index contributed by atoms with van der Waals surface area (Å²) in [6, 6.07) is 7.03. The number of amides is 1. The Balaban J connectivity index is 2.07. The fourth-order valence-electron chi connectivity index (χ4n) is 4.04. The molecule has 2 aliphatic rings. The molecule has 2 aliphatic heterocycles. The van der Waals surface area contributed by atoms with E-state index < -0.39 is 67.0 Å². The van der Waals surface area contributed by atoms with Gasteiger partial charge in [-0.3, -0.25) is 28.9 Å². The first-order valence-corrected chi connectivity index (χ1v) is 12.9. The molecular weight excluding hydrogens is 554 g/mol. The molecule has 0 spiro atoms. The standard InChI is InChI=1S/C25H27NO11S2/c1-12(27)33-11-18-20(34-13(2)28)21(35-14(3)29)22(36-15(4)30)24(37-18)26-23(31)19(39-25(26)38)10-16-8-6-7-9-17(16)32-5/h6-10,18,20-22,24H,11H2,1-5H3. The molecule has 1 aromatic rings. The summed E-state index contributed by atoms with van der Waals surface area (Å²) in [6.45, 7) is 4.07. The van der Waals surface area contributed by atoms with Gasteiger partial charge in [0.1, 0.15) is 18.5 Å². The minimum absolute atomic E-state index is 0.0575. The second-order valence-electron chi connectivity index (χ2n) is 8.38. The minimum Gasteiger partial charge on any atom is -0.496 e. The Hall–Kier alpha value is -3.49. The number of ether oxygens (including phenoxy) is 6. The van der Waals surface area contributed by atoms with E-state index in [1.165, 1.54) is 7.11 Å². The third-order valence-corrected chi connectivity index (χ3v) is 6.80. The van der Waals surface area contributed by atoms with Crippen molar-refractivity contribution < 1.29 is 52.4 Å². The van der Waals surface area contributed by atoms with E-state index in [1.807, 2.05) is 0 Å². The Labute approximate surface area is 233 Å². The van der Waals surface area contributed by atoms with Crippen LogP contribution in [0.2, 0.25) is 0 Å². The molecule has 0 aliphatic carbocycles. The lowest BCUT2D eigenvalue weighted by atomic mass is 9.96. The molecule has 3 rings (SSSR count). The molecule has 0 aromatic heterocycles. The second kappa shape index (κ2) is 13.0. The molecule has 39 heavy (non-hydrogen) atoms. The molecular formula is C25H27NO11S2. The topological polar surface area (TPSA) is 144 Å². The van der Waals surface area contributed by atoms with E-state index in [2.05, 4.69) is 0 Å². The number of rotatable bonds is 8. The number of nitrogens with zero attached hydrogens (tertiary/aromatic N) is 1. The van der Waals surface area contributed by atoms with Gasteiger partial charge >= 0.3 is 23.9 Å². The molecule has 14 heteroatoms.